The largest absolute Gasteiger partial charge is 0.313 e. The second-order valence-electron chi connectivity index (χ2n) is 4.40. The van der Waals surface area contributed by atoms with Gasteiger partial charge >= 0.3 is 0 Å². The van der Waals surface area contributed by atoms with Crippen LogP contribution < -0.4 is 5.32 Å². The van der Waals surface area contributed by atoms with Gasteiger partial charge in [-0.2, -0.15) is 0 Å². The topological polar surface area (TPSA) is 12.0 Å². The molecule has 0 fully saturated rings. The predicted octanol–water partition coefficient (Wildman–Crippen LogP) is 4.88. The maximum Gasteiger partial charge on any atom is 0.0627 e. The molecule has 2 unspecified atom stereocenters. The summed E-state index contributed by atoms with van der Waals surface area (Å²) in [6.45, 7) is 7.62. The van der Waals surface area contributed by atoms with Gasteiger partial charge in [0, 0.05) is 6.04 Å². The van der Waals surface area contributed by atoms with Crippen molar-refractivity contribution in [1.82, 2.24) is 5.32 Å². The fourth-order valence-corrected chi connectivity index (χ4v) is 2.57. The van der Waals surface area contributed by atoms with Crippen LogP contribution in [0.4, 0.5) is 0 Å². The van der Waals surface area contributed by atoms with Gasteiger partial charge in [-0.3, -0.25) is 0 Å². The zero-order valence-electron chi connectivity index (χ0n) is 10.8. The highest BCUT2D eigenvalue weighted by molar-refractivity contribution is 6.42. The monoisotopic (exact) mass is 273 g/mol. The molecular formula is C14H21Cl2N. The van der Waals surface area contributed by atoms with E-state index in [1.54, 1.807) is 0 Å². The summed E-state index contributed by atoms with van der Waals surface area (Å²) >= 11 is 12.3. The average Bonchev–Trinajstić information content (AvgIpc) is 2.33. The minimum atomic E-state index is 0.373. The van der Waals surface area contributed by atoms with Crippen LogP contribution in [-0.4, -0.2) is 12.6 Å². The lowest BCUT2D eigenvalue weighted by atomic mass is 9.91. The van der Waals surface area contributed by atoms with Crippen LogP contribution in [0.5, 0.6) is 0 Å². The standard InChI is InChI=1S/C14H21Cl2N/c1-4-9-17-13(5-2)10(3)11-7-6-8-12(15)14(11)16/h6-8,10,13,17H,4-5,9H2,1-3H3. The number of hydrogen-bond donors (Lipinski definition) is 1. The SMILES string of the molecule is CCCNC(CC)C(C)c1cccc(Cl)c1Cl. The molecule has 0 aliphatic carbocycles. The van der Waals surface area contributed by atoms with Crippen molar-refractivity contribution in [2.24, 2.45) is 0 Å². The Labute approximate surface area is 115 Å². The second kappa shape index (κ2) is 7.25. The number of halogens is 2. The van der Waals surface area contributed by atoms with Crippen LogP contribution in [0.25, 0.3) is 0 Å². The third-order valence-corrected chi connectivity index (χ3v) is 4.01. The van der Waals surface area contributed by atoms with Gasteiger partial charge in [-0.15, -0.1) is 0 Å². The van der Waals surface area contributed by atoms with Crippen molar-refractivity contribution in [1.29, 1.82) is 0 Å². The summed E-state index contributed by atoms with van der Waals surface area (Å²) in [7, 11) is 0. The van der Waals surface area contributed by atoms with E-state index >= 15 is 0 Å². The molecule has 0 radical (unpaired) electrons. The minimum Gasteiger partial charge on any atom is -0.313 e. The molecule has 0 saturated heterocycles. The average molecular weight is 274 g/mol. The Morgan fingerprint density at radius 3 is 2.53 bits per heavy atom. The molecule has 3 heteroatoms. The smallest absolute Gasteiger partial charge is 0.0627 e. The van der Waals surface area contributed by atoms with Gasteiger partial charge in [-0.05, 0) is 36.9 Å². The van der Waals surface area contributed by atoms with E-state index < -0.39 is 0 Å². The van der Waals surface area contributed by atoms with Crippen LogP contribution in [0, 0.1) is 0 Å². The molecule has 0 heterocycles. The highest BCUT2D eigenvalue weighted by atomic mass is 35.5. The van der Waals surface area contributed by atoms with Crippen molar-refractivity contribution >= 4 is 23.2 Å². The lowest BCUT2D eigenvalue weighted by Gasteiger charge is -2.25. The third kappa shape index (κ3) is 3.87. The molecule has 17 heavy (non-hydrogen) atoms. The van der Waals surface area contributed by atoms with E-state index in [9.17, 15) is 0 Å². The Kier molecular flexibility index (Phi) is 6.32. The first kappa shape index (κ1) is 14.8. The maximum atomic E-state index is 6.26. The Hall–Kier alpha value is -0.240. The number of rotatable bonds is 6. The van der Waals surface area contributed by atoms with Gasteiger partial charge in [0.15, 0.2) is 0 Å². The van der Waals surface area contributed by atoms with Crippen molar-refractivity contribution in [3.8, 4) is 0 Å². The molecule has 1 N–H and O–H groups in total. The molecule has 2 atom stereocenters. The molecule has 1 rings (SSSR count). The summed E-state index contributed by atoms with van der Waals surface area (Å²) in [6.07, 6.45) is 2.23. The van der Waals surface area contributed by atoms with Crippen molar-refractivity contribution in [3.05, 3.63) is 33.8 Å². The van der Waals surface area contributed by atoms with E-state index in [-0.39, 0.29) is 0 Å². The predicted molar refractivity (Wildman–Crippen MR) is 77.2 cm³/mol. The van der Waals surface area contributed by atoms with Crippen molar-refractivity contribution in [3.63, 3.8) is 0 Å². The fourth-order valence-electron chi connectivity index (χ4n) is 2.09. The minimum absolute atomic E-state index is 0.373. The third-order valence-electron chi connectivity index (χ3n) is 3.17. The van der Waals surface area contributed by atoms with E-state index in [4.69, 9.17) is 23.2 Å². The zero-order valence-corrected chi connectivity index (χ0v) is 12.3. The lowest BCUT2D eigenvalue weighted by Crippen LogP contribution is -2.33. The summed E-state index contributed by atoms with van der Waals surface area (Å²) < 4.78 is 0. The number of nitrogens with one attached hydrogen (secondary N) is 1. The van der Waals surface area contributed by atoms with Crippen LogP contribution in [0.2, 0.25) is 10.0 Å². The summed E-state index contributed by atoms with van der Waals surface area (Å²) in [5.41, 5.74) is 1.13. The Bertz CT molecular complexity index is 352. The van der Waals surface area contributed by atoms with Crippen LogP contribution in [-0.2, 0) is 0 Å². The van der Waals surface area contributed by atoms with E-state index in [1.807, 2.05) is 12.1 Å². The molecule has 0 bridgehead atoms. The molecule has 0 saturated carbocycles. The Morgan fingerprint density at radius 2 is 1.94 bits per heavy atom. The summed E-state index contributed by atoms with van der Waals surface area (Å²) in [5, 5.41) is 4.90. The Morgan fingerprint density at radius 1 is 1.24 bits per heavy atom. The van der Waals surface area contributed by atoms with E-state index in [0.29, 0.717) is 22.0 Å². The van der Waals surface area contributed by atoms with E-state index in [2.05, 4.69) is 32.2 Å². The normalized spacial score (nSPS) is 14.6. The molecule has 0 aliphatic rings. The molecule has 1 nitrogen and oxygen atoms in total. The van der Waals surface area contributed by atoms with Crippen molar-refractivity contribution < 1.29 is 0 Å². The quantitative estimate of drug-likeness (QED) is 0.780. The highest BCUT2D eigenvalue weighted by Gasteiger charge is 2.19. The van der Waals surface area contributed by atoms with Crippen LogP contribution in [0.3, 0.4) is 0 Å². The van der Waals surface area contributed by atoms with Crippen LogP contribution in [0.1, 0.15) is 45.1 Å². The van der Waals surface area contributed by atoms with Crippen molar-refractivity contribution in [2.75, 3.05) is 6.54 Å². The molecular weight excluding hydrogens is 253 g/mol. The second-order valence-corrected chi connectivity index (χ2v) is 5.19. The van der Waals surface area contributed by atoms with E-state index in [0.717, 1.165) is 24.9 Å². The molecule has 1 aromatic rings. The molecule has 0 aromatic heterocycles. The van der Waals surface area contributed by atoms with Gasteiger partial charge in [-0.25, -0.2) is 0 Å². The molecule has 0 aliphatic heterocycles. The molecule has 96 valence electrons. The number of hydrogen-bond acceptors (Lipinski definition) is 1. The summed E-state index contributed by atoms with van der Waals surface area (Å²) in [4.78, 5) is 0. The first-order valence-electron chi connectivity index (χ1n) is 6.29. The molecule has 0 amide bonds. The Balaban J connectivity index is 2.85. The number of benzene rings is 1. The first-order valence-corrected chi connectivity index (χ1v) is 7.04. The van der Waals surface area contributed by atoms with Gasteiger partial charge < -0.3 is 5.32 Å². The zero-order chi connectivity index (χ0) is 12.8. The van der Waals surface area contributed by atoms with Gasteiger partial charge in [-0.1, -0.05) is 56.1 Å². The summed E-state index contributed by atoms with van der Waals surface area (Å²) in [6, 6.07) is 6.31. The lowest BCUT2D eigenvalue weighted by molar-refractivity contribution is 0.438. The van der Waals surface area contributed by atoms with Gasteiger partial charge in [0.2, 0.25) is 0 Å². The maximum absolute atomic E-state index is 6.26. The van der Waals surface area contributed by atoms with Gasteiger partial charge in [0.1, 0.15) is 0 Å². The van der Waals surface area contributed by atoms with Gasteiger partial charge in [0.05, 0.1) is 10.0 Å². The molecule has 1 aromatic carbocycles. The highest BCUT2D eigenvalue weighted by Crippen LogP contribution is 2.32. The molecule has 0 spiro atoms. The van der Waals surface area contributed by atoms with Crippen LogP contribution >= 0.6 is 23.2 Å². The van der Waals surface area contributed by atoms with Crippen molar-refractivity contribution in [2.45, 2.75) is 45.6 Å². The fraction of sp³-hybridized carbons (Fsp3) is 0.571. The van der Waals surface area contributed by atoms with Gasteiger partial charge in [0.25, 0.3) is 0 Å². The van der Waals surface area contributed by atoms with E-state index in [1.165, 1.54) is 0 Å². The summed E-state index contributed by atoms with van der Waals surface area (Å²) in [5.74, 6) is 0.373. The van der Waals surface area contributed by atoms with Crippen LogP contribution in [0.15, 0.2) is 18.2 Å². The first-order chi connectivity index (χ1) is 8.11.